The van der Waals surface area contributed by atoms with Gasteiger partial charge in [0.2, 0.25) is 0 Å². The van der Waals surface area contributed by atoms with Gasteiger partial charge in [-0.2, -0.15) is 0 Å². The van der Waals surface area contributed by atoms with Crippen LogP contribution in [0.3, 0.4) is 0 Å². The van der Waals surface area contributed by atoms with Crippen LogP contribution in [-0.2, 0) is 19.7 Å². The smallest absolute Gasteiger partial charge is 0.410 e. The standard InChI is InChI=1S/C33H33Cl2N3O4/c1-32(2,3)42-31(40)37-18-26(19-37)38-28-17-23(11-16-27(28)36-29(38)20-5-6-20)33(30(39)41-4,21-7-12-24(34)13-8-21)22-9-14-25(35)15-10-22/h7-17,20,26H,5-6,18-19H2,1-4H3. The van der Waals surface area contributed by atoms with Crippen LogP contribution >= 0.6 is 23.2 Å². The molecule has 9 heteroatoms. The summed E-state index contributed by atoms with van der Waals surface area (Å²) < 4.78 is 13.4. The molecule has 218 valence electrons. The first-order chi connectivity index (χ1) is 20.0. The lowest BCUT2D eigenvalue weighted by Gasteiger charge is -2.41. The molecule has 1 aliphatic carbocycles. The molecule has 0 unspecified atom stereocenters. The normalized spacial score (nSPS) is 15.9. The summed E-state index contributed by atoms with van der Waals surface area (Å²) in [6.45, 7) is 6.66. The lowest BCUT2D eigenvalue weighted by atomic mass is 9.69. The third-order valence-corrected chi connectivity index (χ3v) is 8.52. The molecule has 2 fully saturated rings. The molecule has 0 bridgehead atoms. The van der Waals surface area contributed by atoms with Gasteiger partial charge < -0.3 is 18.9 Å². The first-order valence-corrected chi connectivity index (χ1v) is 14.9. The lowest BCUT2D eigenvalue weighted by Crippen LogP contribution is -2.52. The van der Waals surface area contributed by atoms with Crippen LogP contribution in [0, 0.1) is 0 Å². The monoisotopic (exact) mass is 605 g/mol. The predicted molar refractivity (Wildman–Crippen MR) is 163 cm³/mol. The highest BCUT2D eigenvalue weighted by Crippen LogP contribution is 2.46. The average Bonchev–Trinajstić information content (AvgIpc) is 3.70. The van der Waals surface area contributed by atoms with E-state index in [1.807, 2.05) is 63.2 Å². The van der Waals surface area contributed by atoms with Gasteiger partial charge in [-0.1, -0.05) is 53.5 Å². The van der Waals surface area contributed by atoms with E-state index in [1.54, 1.807) is 29.2 Å². The maximum Gasteiger partial charge on any atom is 0.410 e. The van der Waals surface area contributed by atoms with E-state index in [0.29, 0.717) is 40.2 Å². The number of ether oxygens (including phenoxy) is 2. The Hall–Kier alpha value is -3.55. The summed E-state index contributed by atoms with van der Waals surface area (Å²) in [5.41, 5.74) is 2.08. The van der Waals surface area contributed by atoms with Crippen molar-refractivity contribution in [2.24, 2.45) is 0 Å². The van der Waals surface area contributed by atoms with Gasteiger partial charge in [-0.05, 0) is 86.7 Å². The van der Waals surface area contributed by atoms with Crippen molar-refractivity contribution in [3.05, 3.63) is 99.3 Å². The Kier molecular flexibility index (Phi) is 7.22. The van der Waals surface area contributed by atoms with Crippen LogP contribution in [0.25, 0.3) is 11.0 Å². The summed E-state index contributed by atoms with van der Waals surface area (Å²) in [5.74, 6) is 0.978. The Morgan fingerprint density at radius 1 is 0.857 bits per heavy atom. The van der Waals surface area contributed by atoms with E-state index in [-0.39, 0.29) is 12.1 Å². The fourth-order valence-corrected chi connectivity index (χ4v) is 6.11. The number of halogens is 2. The molecule has 0 radical (unpaired) electrons. The molecule has 1 saturated heterocycles. The van der Waals surface area contributed by atoms with E-state index in [9.17, 15) is 9.59 Å². The first-order valence-electron chi connectivity index (χ1n) is 14.1. The van der Waals surface area contributed by atoms with Crippen molar-refractivity contribution in [2.45, 2.75) is 56.6 Å². The minimum Gasteiger partial charge on any atom is -0.468 e. The maximum absolute atomic E-state index is 14.0. The molecule has 1 saturated carbocycles. The molecule has 0 atom stereocenters. The maximum atomic E-state index is 14.0. The Balaban J connectivity index is 1.50. The minimum atomic E-state index is -1.30. The Bertz CT molecular complexity index is 1600. The van der Waals surface area contributed by atoms with Gasteiger partial charge in [0.15, 0.2) is 0 Å². The third kappa shape index (κ3) is 5.03. The number of esters is 1. The van der Waals surface area contributed by atoms with Gasteiger partial charge in [-0.3, -0.25) is 4.79 Å². The summed E-state index contributed by atoms with van der Waals surface area (Å²) in [6, 6.07) is 20.5. The number of methoxy groups -OCH3 is 1. The highest BCUT2D eigenvalue weighted by Gasteiger charge is 2.46. The van der Waals surface area contributed by atoms with Gasteiger partial charge in [0, 0.05) is 29.1 Å². The fraction of sp³-hybridized carbons (Fsp3) is 0.364. The summed E-state index contributed by atoms with van der Waals surface area (Å²) >= 11 is 12.5. The minimum absolute atomic E-state index is 0.0481. The second kappa shape index (κ2) is 10.6. The first kappa shape index (κ1) is 28.6. The molecule has 0 spiro atoms. The SMILES string of the molecule is COC(=O)C(c1ccc(Cl)cc1)(c1ccc(Cl)cc1)c1ccc2nc(C3CC3)n(C3CN(C(=O)OC(C)(C)C)C3)c2c1. The summed E-state index contributed by atoms with van der Waals surface area (Å²) in [4.78, 5) is 33.5. The highest BCUT2D eigenvalue weighted by atomic mass is 35.5. The second-order valence-corrected chi connectivity index (χ2v) is 13.0. The molecule has 6 rings (SSSR count). The number of hydrogen-bond donors (Lipinski definition) is 0. The van der Waals surface area contributed by atoms with Crippen LogP contribution in [0.5, 0.6) is 0 Å². The number of benzene rings is 3. The van der Waals surface area contributed by atoms with Crippen molar-refractivity contribution >= 4 is 46.3 Å². The van der Waals surface area contributed by atoms with Gasteiger partial charge >= 0.3 is 12.1 Å². The van der Waals surface area contributed by atoms with Gasteiger partial charge in [-0.25, -0.2) is 9.78 Å². The van der Waals surface area contributed by atoms with Gasteiger partial charge in [0.1, 0.15) is 16.8 Å². The van der Waals surface area contributed by atoms with Crippen molar-refractivity contribution in [3.63, 3.8) is 0 Å². The van der Waals surface area contributed by atoms with Crippen LogP contribution in [0.2, 0.25) is 10.0 Å². The number of hydrogen-bond acceptors (Lipinski definition) is 5. The largest absolute Gasteiger partial charge is 0.468 e. The van der Waals surface area contributed by atoms with Gasteiger partial charge in [-0.15, -0.1) is 0 Å². The number of nitrogens with zero attached hydrogens (tertiary/aromatic N) is 3. The number of imidazole rings is 1. The van der Waals surface area contributed by atoms with Crippen LogP contribution in [-0.4, -0.2) is 52.3 Å². The number of fused-ring (bicyclic) bond motifs is 1. The molecule has 2 aliphatic rings. The molecule has 0 N–H and O–H groups in total. The molecule has 42 heavy (non-hydrogen) atoms. The number of carbonyl (C=O) groups excluding carboxylic acids is 2. The Morgan fingerprint density at radius 3 is 1.90 bits per heavy atom. The van der Waals surface area contributed by atoms with E-state index >= 15 is 0 Å². The number of likely N-dealkylation sites (tertiary alicyclic amines) is 1. The molecule has 2 heterocycles. The Labute approximate surface area is 255 Å². The number of carbonyl (C=O) groups is 2. The van der Waals surface area contributed by atoms with Gasteiger partial charge in [0.25, 0.3) is 0 Å². The zero-order chi connectivity index (χ0) is 29.8. The summed E-state index contributed by atoms with van der Waals surface area (Å²) in [6.07, 6.45) is 1.85. The van der Waals surface area contributed by atoms with Crippen molar-refractivity contribution in [2.75, 3.05) is 20.2 Å². The third-order valence-electron chi connectivity index (χ3n) is 8.02. The number of rotatable bonds is 6. The lowest BCUT2D eigenvalue weighted by molar-refractivity contribution is -0.144. The van der Waals surface area contributed by atoms with Crippen LogP contribution < -0.4 is 0 Å². The topological polar surface area (TPSA) is 73.7 Å². The van der Waals surface area contributed by atoms with Crippen molar-refractivity contribution < 1.29 is 19.1 Å². The average molecular weight is 607 g/mol. The molecule has 7 nitrogen and oxygen atoms in total. The van der Waals surface area contributed by atoms with Crippen LogP contribution in [0.15, 0.2) is 66.7 Å². The van der Waals surface area contributed by atoms with Crippen molar-refractivity contribution in [1.29, 1.82) is 0 Å². The zero-order valence-corrected chi connectivity index (χ0v) is 25.6. The van der Waals surface area contributed by atoms with E-state index in [2.05, 4.69) is 4.57 Å². The van der Waals surface area contributed by atoms with Crippen molar-refractivity contribution in [3.8, 4) is 0 Å². The van der Waals surface area contributed by atoms with Gasteiger partial charge in [0.05, 0.1) is 24.2 Å². The number of amides is 1. The summed E-state index contributed by atoms with van der Waals surface area (Å²) in [7, 11) is 1.40. The van der Waals surface area contributed by atoms with E-state index in [4.69, 9.17) is 37.7 Å². The van der Waals surface area contributed by atoms with Crippen LogP contribution in [0.1, 0.15) is 68.1 Å². The zero-order valence-electron chi connectivity index (χ0n) is 24.1. The molecular weight excluding hydrogens is 573 g/mol. The highest BCUT2D eigenvalue weighted by molar-refractivity contribution is 6.30. The van der Waals surface area contributed by atoms with E-state index in [1.165, 1.54) is 7.11 Å². The van der Waals surface area contributed by atoms with Crippen molar-refractivity contribution in [1.82, 2.24) is 14.5 Å². The second-order valence-electron chi connectivity index (χ2n) is 12.1. The molecule has 3 aromatic carbocycles. The predicted octanol–water partition coefficient (Wildman–Crippen LogP) is 7.52. The van der Waals surface area contributed by atoms with Crippen LogP contribution in [0.4, 0.5) is 4.79 Å². The Morgan fingerprint density at radius 2 is 1.40 bits per heavy atom. The summed E-state index contributed by atoms with van der Waals surface area (Å²) in [5, 5.41) is 1.13. The molecule has 1 aromatic heterocycles. The molecular formula is C33H33Cl2N3O4. The number of aromatic nitrogens is 2. The van der Waals surface area contributed by atoms with E-state index in [0.717, 1.165) is 35.3 Å². The molecule has 4 aromatic rings. The molecule has 1 amide bonds. The fourth-order valence-electron chi connectivity index (χ4n) is 5.86. The van der Waals surface area contributed by atoms with E-state index < -0.39 is 17.0 Å². The quantitative estimate of drug-likeness (QED) is 0.168. The molecule has 1 aliphatic heterocycles.